The van der Waals surface area contributed by atoms with Gasteiger partial charge in [-0.2, -0.15) is 0 Å². The largest absolute Gasteiger partial charge is 0.308 e. The summed E-state index contributed by atoms with van der Waals surface area (Å²) in [6, 6.07) is 10.5. The molecule has 0 spiro atoms. The van der Waals surface area contributed by atoms with Gasteiger partial charge < -0.3 is 5.32 Å². The van der Waals surface area contributed by atoms with Gasteiger partial charge in [-0.3, -0.25) is 0 Å². The molecule has 1 heterocycles. The van der Waals surface area contributed by atoms with Crippen LogP contribution in [0.5, 0.6) is 0 Å². The third-order valence-electron chi connectivity index (χ3n) is 2.52. The van der Waals surface area contributed by atoms with Crippen LogP contribution in [0.15, 0.2) is 52.8 Å². The molecular weight excluding hydrogens is 254 g/mol. The van der Waals surface area contributed by atoms with Crippen molar-refractivity contribution in [2.75, 3.05) is 0 Å². The lowest BCUT2D eigenvalue weighted by Crippen LogP contribution is -2.35. The van der Waals surface area contributed by atoms with Crippen molar-refractivity contribution in [3.05, 3.63) is 48.4 Å². The van der Waals surface area contributed by atoms with Gasteiger partial charge in [-0.25, -0.2) is 9.97 Å². The monoisotopic (exact) mass is 273 g/mol. The van der Waals surface area contributed by atoms with Crippen LogP contribution >= 0.6 is 11.8 Å². The maximum Gasteiger partial charge on any atom is 0.116 e. The molecule has 0 saturated carbocycles. The quantitative estimate of drug-likeness (QED) is 0.865. The molecule has 0 atom stereocenters. The molecular formula is C15H19N3S. The van der Waals surface area contributed by atoms with Gasteiger partial charge in [0.1, 0.15) is 11.4 Å². The highest BCUT2D eigenvalue weighted by Gasteiger charge is 2.08. The van der Waals surface area contributed by atoms with Crippen molar-refractivity contribution in [3.8, 4) is 0 Å². The summed E-state index contributed by atoms with van der Waals surface area (Å²) in [5, 5.41) is 4.45. The van der Waals surface area contributed by atoms with E-state index in [0.717, 1.165) is 11.6 Å². The molecule has 1 N–H and O–H groups in total. The fourth-order valence-electron chi connectivity index (χ4n) is 1.50. The molecule has 0 unspecified atom stereocenters. The minimum atomic E-state index is 0.147. The number of hydrogen-bond donors (Lipinski definition) is 1. The smallest absolute Gasteiger partial charge is 0.116 e. The Hall–Kier alpha value is -1.39. The number of hydrogen-bond acceptors (Lipinski definition) is 4. The minimum absolute atomic E-state index is 0.147. The van der Waals surface area contributed by atoms with Crippen molar-refractivity contribution in [3.63, 3.8) is 0 Å². The third-order valence-corrected chi connectivity index (χ3v) is 3.48. The first-order chi connectivity index (χ1) is 9.03. The average Bonchev–Trinajstić information content (AvgIpc) is 2.38. The Morgan fingerprint density at radius 1 is 1.11 bits per heavy atom. The Labute approximate surface area is 118 Å². The van der Waals surface area contributed by atoms with Gasteiger partial charge >= 0.3 is 0 Å². The van der Waals surface area contributed by atoms with E-state index >= 15 is 0 Å². The topological polar surface area (TPSA) is 37.8 Å². The van der Waals surface area contributed by atoms with E-state index in [-0.39, 0.29) is 5.54 Å². The molecule has 3 nitrogen and oxygen atoms in total. The van der Waals surface area contributed by atoms with E-state index in [2.05, 4.69) is 60.3 Å². The average molecular weight is 273 g/mol. The van der Waals surface area contributed by atoms with E-state index in [0.29, 0.717) is 0 Å². The molecule has 0 aliphatic heterocycles. The van der Waals surface area contributed by atoms with Crippen molar-refractivity contribution < 1.29 is 0 Å². The van der Waals surface area contributed by atoms with Crippen LogP contribution in [-0.4, -0.2) is 15.5 Å². The van der Waals surface area contributed by atoms with Gasteiger partial charge in [0.05, 0.1) is 0 Å². The molecule has 0 bridgehead atoms. The van der Waals surface area contributed by atoms with E-state index in [9.17, 15) is 0 Å². The molecule has 0 radical (unpaired) electrons. The van der Waals surface area contributed by atoms with E-state index in [1.165, 1.54) is 10.5 Å². The van der Waals surface area contributed by atoms with Crippen LogP contribution in [-0.2, 0) is 6.54 Å². The van der Waals surface area contributed by atoms with Gasteiger partial charge in [-0.1, -0.05) is 23.9 Å². The molecule has 0 aliphatic carbocycles. The van der Waals surface area contributed by atoms with Crippen LogP contribution in [0.4, 0.5) is 0 Å². The molecule has 0 aliphatic rings. The highest BCUT2D eigenvalue weighted by atomic mass is 32.2. The molecule has 0 saturated heterocycles. The number of nitrogens with one attached hydrogen (secondary N) is 1. The maximum absolute atomic E-state index is 4.20. The summed E-state index contributed by atoms with van der Waals surface area (Å²) < 4.78 is 0. The summed E-state index contributed by atoms with van der Waals surface area (Å²) in [4.78, 5) is 9.31. The Balaban J connectivity index is 1.95. The predicted octanol–water partition coefficient (Wildman–Crippen LogP) is 3.52. The molecule has 100 valence electrons. The maximum atomic E-state index is 4.20. The van der Waals surface area contributed by atoms with Gasteiger partial charge in [0.15, 0.2) is 0 Å². The SMILES string of the molecule is CC(C)(C)NCc1ccc(Sc2ccncn2)cc1. The molecule has 2 rings (SSSR count). The number of benzene rings is 1. The first-order valence-corrected chi connectivity index (χ1v) is 7.12. The van der Waals surface area contributed by atoms with Gasteiger partial charge in [0, 0.05) is 23.2 Å². The highest BCUT2D eigenvalue weighted by molar-refractivity contribution is 7.99. The van der Waals surface area contributed by atoms with E-state index in [4.69, 9.17) is 0 Å². The van der Waals surface area contributed by atoms with Crippen molar-refractivity contribution in [1.82, 2.24) is 15.3 Å². The van der Waals surface area contributed by atoms with Crippen molar-refractivity contribution in [2.24, 2.45) is 0 Å². The van der Waals surface area contributed by atoms with Crippen molar-refractivity contribution in [1.29, 1.82) is 0 Å². The number of nitrogens with zero attached hydrogens (tertiary/aromatic N) is 2. The fraction of sp³-hybridized carbons (Fsp3) is 0.333. The second-order valence-electron chi connectivity index (χ2n) is 5.40. The third kappa shape index (κ3) is 5.01. The lowest BCUT2D eigenvalue weighted by Gasteiger charge is -2.20. The second-order valence-corrected chi connectivity index (χ2v) is 6.49. The normalized spacial score (nSPS) is 11.5. The summed E-state index contributed by atoms with van der Waals surface area (Å²) in [5.41, 5.74) is 1.44. The van der Waals surface area contributed by atoms with Crippen LogP contribution in [0.3, 0.4) is 0 Å². The Morgan fingerprint density at radius 3 is 2.42 bits per heavy atom. The first kappa shape index (κ1) is 14.0. The molecule has 1 aromatic carbocycles. The van der Waals surface area contributed by atoms with Crippen LogP contribution in [0.25, 0.3) is 0 Å². The van der Waals surface area contributed by atoms with E-state index < -0.39 is 0 Å². The van der Waals surface area contributed by atoms with Gasteiger partial charge in [0.25, 0.3) is 0 Å². The summed E-state index contributed by atoms with van der Waals surface area (Å²) in [5.74, 6) is 0. The molecule has 0 amide bonds. The number of aromatic nitrogens is 2. The zero-order valence-electron chi connectivity index (χ0n) is 11.6. The Morgan fingerprint density at radius 2 is 1.84 bits per heavy atom. The van der Waals surface area contributed by atoms with Crippen molar-refractivity contribution >= 4 is 11.8 Å². The van der Waals surface area contributed by atoms with Gasteiger partial charge in [-0.05, 0) is 44.5 Å². The highest BCUT2D eigenvalue weighted by Crippen LogP contribution is 2.25. The zero-order chi connectivity index (χ0) is 13.7. The second kappa shape index (κ2) is 6.17. The first-order valence-electron chi connectivity index (χ1n) is 6.31. The van der Waals surface area contributed by atoms with Crippen LogP contribution in [0.2, 0.25) is 0 Å². The summed E-state index contributed by atoms with van der Waals surface area (Å²) in [6.07, 6.45) is 3.33. The van der Waals surface area contributed by atoms with Crippen LogP contribution in [0, 0.1) is 0 Å². The van der Waals surface area contributed by atoms with Gasteiger partial charge in [0.2, 0.25) is 0 Å². The summed E-state index contributed by atoms with van der Waals surface area (Å²) in [6.45, 7) is 7.41. The molecule has 19 heavy (non-hydrogen) atoms. The zero-order valence-corrected chi connectivity index (χ0v) is 12.4. The predicted molar refractivity (Wildman–Crippen MR) is 79.2 cm³/mol. The molecule has 4 heteroatoms. The lowest BCUT2D eigenvalue weighted by atomic mass is 10.1. The van der Waals surface area contributed by atoms with Gasteiger partial charge in [-0.15, -0.1) is 0 Å². The fourth-order valence-corrected chi connectivity index (χ4v) is 2.24. The van der Waals surface area contributed by atoms with E-state index in [1.807, 2.05) is 6.07 Å². The minimum Gasteiger partial charge on any atom is -0.308 e. The molecule has 2 aromatic rings. The number of rotatable bonds is 4. The molecule has 0 fully saturated rings. The summed E-state index contributed by atoms with van der Waals surface area (Å²) in [7, 11) is 0. The Kier molecular flexibility index (Phi) is 4.56. The van der Waals surface area contributed by atoms with Crippen LogP contribution in [0.1, 0.15) is 26.3 Å². The summed E-state index contributed by atoms with van der Waals surface area (Å²) >= 11 is 1.65. The van der Waals surface area contributed by atoms with E-state index in [1.54, 1.807) is 24.3 Å². The standard InChI is InChI=1S/C15H19N3S/c1-15(2,3)18-10-12-4-6-13(7-5-12)19-14-8-9-16-11-17-14/h4-9,11,18H,10H2,1-3H3. The molecule has 1 aromatic heterocycles. The van der Waals surface area contributed by atoms with Crippen molar-refractivity contribution in [2.45, 2.75) is 42.8 Å². The van der Waals surface area contributed by atoms with Crippen LogP contribution < -0.4 is 5.32 Å². The Bertz CT molecular complexity index is 503. The lowest BCUT2D eigenvalue weighted by molar-refractivity contribution is 0.424.